The number of esters is 1. The van der Waals surface area contributed by atoms with Gasteiger partial charge in [0.1, 0.15) is 0 Å². The van der Waals surface area contributed by atoms with E-state index in [4.69, 9.17) is 4.74 Å². The van der Waals surface area contributed by atoms with Crippen molar-refractivity contribution in [3.05, 3.63) is 29.8 Å². The van der Waals surface area contributed by atoms with E-state index in [1.165, 1.54) is 28.6 Å². The Labute approximate surface area is 179 Å². The number of hydrogen-bond donors (Lipinski definition) is 0. The van der Waals surface area contributed by atoms with Gasteiger partial charge in [-0.1, -0.05) is 20.8 Å². The van der Waals surface area contributed by atoms with Crippen molar-refractivity contribution in [3.8, 4) is 0 Å². The van der Waals surface area contributed by atoms with Gasteiger partial charge in [-0.15, -0.1) is 0 Å². The normalized spacial score (nSPS) is 23.9. The summed E-state index contributed by atoms with van der Waals surface area (Å²) in [5.74, 6) is 0.585. The summed E-state index contributed by atoms with van der Waals surface area (Å²) in [6.45, 7) is 8.45. The number of amides is 1. The number of hydrogen-bond acceptors (Lipinski definition) is 5. The summed E-state index contributed by atoms with van der Waals surface area (Å²) in [4.78, 5) is 26.6. The Bertz CT molecular complexity index is 850. The Morgan fingerprint density at radius 2 is 1.53 bits per heavy atom. The van der Waals surface area contributed by atoms with Crippen molar-refractivity contribution in [2.24, 2.45) is 17.8 Å². The van der Waals surface area contributed by atoms with Crippen molar-refractivity contribution in [1.82, 2.24) is 9.21 Å². The van der Waals surface area contributed by atoms with Gasteiger partial charge in [-0.25, -0.2) is 13.2 Å². The highest BCUT2D eigenvalue weighted by molar-refractivity contribution is 7.89. The van der Waals surface area contributed by atoms with Crippen LogP contribution >= 0.6 is 0 Å². The molecule has 7 nitrogen and oxygen atoms in total. The summed E-state index contributed by atoms with van der Waals surface area (Å²) in [6, 6.07) is 5.74. The van der Waals surface area contributed by atoms with Crippen LogP contribution in [0.15, 0.2) is 29.2 Å². The lowest BCUT2D eigenvalue weighted by atomic mass is 9.92. The summed E-state index contributed by atoms with van der Waals surface area (Å²) >= 11 is 0. The van der Waals surface area contributed by atoms with Gasteiger partial charge in [0.2, 0.25) is 10.0 Å². The van der Waals surface area contributed by atoms with Gasteiger partial charge in [-0.2, -0.15) is 4.31 Å². The van der Waals surface area contributed by atoms with Gasteiger partial charge in [-0.05, 0) is 61.3 Å². The van der Waals surface area contributed by atoms with Crippen molar-refractivity contribution in [1.29, 1.82) is 0 Å². The van der Waals surface area contributed by atoms with E-state index >= 15 is 0 Å². The first-order chi connectivity index (χ1) is 14.2. The summed E-state index contributed by atoms with van der Waals surface area (Å²) in [7, 11) is -3.56. The highest BCUT2D eigenvalue weighted by Gasteiger charge is 2.29. The van der Waals surface area contributed by atoms with Gasteiger partial charge in [0.05, 0.1) is 10.5 Å². The molecule has 2 aliphatic rings. The fraction of sp³-hybridized carbons (Fsp3) is 0.636. The van der Waals surface area contributed by atoms with Gasteiger partial charge in [0.15, 0.2) is 6.61 Å². The van der Waals surface area contributed by atoms with Crippen molar-refractivity contribution >= 4 is 21.9 Å². The molecule has 166 valence electrons. The second kappa shape index (κ2) is 9.47. The Balaban J connectivity index is 1.56. The van der Waals surface area contributed by atoms with Crippen molar-refractivity contribution in [2.75, 3.05) is 32.8 Å². The van der Waals surface area contributed by atoms with Gasteiger partial charge < -0.3 is 9.64 Å². The molecule has 8 heteroatoms. The molecule has 2 aliphatic heterocycles. The van der Waals surface area contributed by atoms with Crippen molar-refractivity contribution in [2.45, 2.75) is 44.9 Å². The quantitative estimate of drug-likeness (QED) is 0.663. The van der Waals surface area contributed by atoms with Crippen LogP contribution in [-0.2, 0) is 19.6 Å². The van der Waals surface area contributed by atoms with Crippen LogP contribution in [0.4, 0.5) is 0 Å². The molecule has 1 aromatic rings. The number of piperidine rings is 2. The highest BCUT2D eigenvalue weighted by Crippen LogP contribution is 2.24. The van der Waals surface area contributed by atoms with E-state index in [0.717, 1.165) is 19.3 Å². The first-order valence-corrected chi connectivity index (χ1v) is 12.2. The Morgan fingerprint density at radius 3 is 2.10 bits per heavy atom. The molecule has 0 radical (unpaired) electrons. The van der Waals surface area contributed by atoms with Crippen LogP contribution in [0.25, 0.3) is 0 Å². The van der Waals surface area contributed by atoms with E-state index in [0.29, 0.717) is 43.9 Å². The summed E-state index contributed by atoms with van der Waals surface area (Å²) in [5, 5.41) is 0. The van der Waals surface area contributed by atoms with Crippen LogP contribution in [0.5, 0.6) is 0 Å². The second-order valence-electron chi connectivity index (χ2n) is 8.93. The van der Waals surface area contributed by atoms with Crippen LogP contribution in [0.3, 0.4) is 0 Å². The molecule has 2 unspecified atom stereocenters. The van der Waals surface area contributed by atoms with E-state index in [9.17, 15) is 18.0 Å². The molecule has 2 atom stereocenters. The fourth-order valence-corrected chi connectivity index (χ4v) is 5.78. The summed E-state index contributed by atoms with van der Waals surface area (Å²) in [5.41, 5.74) is 0.231. The number of carbonyl (C=O) groups excluding carboxylic acids is 2. The molecule has 0 spiro atoms. The van der Waals surface area contributed by atoms with E-state index < -0.39 is 16.0 Å². The zero-order valence-corrected chi connectivity index (χ0v) is 18.9. The topological polar surface area (TPSA) is 84.0 Å². The predicted octanol–water partition coefficient (Wildman–Crippen LogP) is 2.77. The lowest BCUT2D eigenvalue weighted by Gasteiger charge is -2.34. The van der Waals surface area contributed by atoms with E-state index in [-0.39, 0.29) is 23.0 Å². The zero-order chi connectivity index (χ0) is 21.9. The van der Waals surface area contributed by atoms with Crippen LogP contribution in [0, 0.1) is 17.8 Å². The molecule has 1 aromatic carbocycles. The fourth-order valence-electron chi connectivity index (χ4n) is 4.31. The third-order valence-corrected chi connectivity index (χ3v) is 7.93. The molecule has 0 aliphatic carbocycles. The Hall–Kier alpha value is -1.93. The summed E-state index contributed by atoms with van der Waals surface area (Å²) < 4.78 is 32.2. The van der Waals surface area contributed by atoms with Crippen LogP contribution in [-0.4, -0.2) is 62.3 Å². The highest BCUT2D eigenvalue weighted by atomic mass is 32.2. The largest absolute Gasteiger partial charge is 0.452 e. The number of benzene rings is 1. The maximum Gasteiger partial charge on any atom is 0.338 e. The predicted molar refractivity (Wildman–Crippen MR) is 113 cm³/mol. The number of ether oxygens (including phenoxy) is 1. The monoisotopic (exact) mass is 436 g/mol. The Kier molecular flexibility index (Phi) is 7.18. The standard InChI is InChI=1S/C22H32N2O5S/c1-16-8-10-24(11-9-16)30(27,28)20-6-4-19(5-7-20)22(26)29-15-21(25)23-13-17(2)12-18(3)14-23/h4-7,16-18H,8-15H2,1-3H3. The van der Waals surface area contributed by atoms with E-state index in [1.54, 1.807) is 4.90 Å². The third-order valence-electron chi connectivity index (χ3n) is 6.02. The van der Waals surface area contributed by atoms with E-state index in [1.807, 2.05) is 0 Å². The minimum Gasteiger partial charge on any atom is -0.452 e. The van der Waals surface area contributed by atoms with E-state index in [2.05, 4.69) is 20.8 Å². The smallest absolute Gasteiger partial charge is 0.338 e. The molecular formula is C22H32N2O5S. The van der Waals surface area contributed by atoms with Crippen LogP contribution in [0.2, 0.25) is 0 Å². The molecular weight excluding hydrogens is 404 g/mol. The maximum atomic E-state index is 12.8. The number of rotatable bonds is 5. The molecule has 2 saturated heterocycles. The number of sulfonamides is 1. The van der Waals surface area contributed by atoms with Gasteiger partial charge in [0, 0.05) is 26.2 Å². The first kappa shape index (κ1) is 22.7. The van der Waals surface area contributed by atoms with Crippen molar-refractivity contribution < 1.29 is 22.7 Å². The zero-order valence-electron chi connectivity index (χ0n) is 18.0. The average molecular weight is 437 g/mol. The summed E-state index contributed by atoms with van der Waals surface area (Å²) in [6.07, 6.45) is 2.80. The number of likely N-dealkylation sites (tertiary alicyclic amines) is 1. The van der Waals surface area contributed by atoms with Gasteiger partial charge >= 0.3 is 5.97 Å². The molecule has 3 rings (SSSR count). The lowest BCUT2D eigenvalue weighted by Crippen LogP contribution is -2.44. The molecule has 30 heavy (non-hydrogen) atoms. The first-order valence-electron chi connectivity index (χ1n) is 10.7. The van der Waals surface area contributed by atoms with Crippen LogP contribution < -0.4 is 0 Å². The average Bonchev–Trinajstić information content (AvgIpc) is 2.71. The SMILES string of the molecule is CC1CCN(S(=O)(=O)c2ccc(C(=O)OCC(=O)N3CC(C)CC(C)C3)cc2)CC1. The molecule has 2 heterocycles. The minimum atomic E-state index is -3.56. The van der Waals surface area contributed by atoms with Crippen LogP contribution in [0.1, 0.15) is 50.4 Å². The molecule has 0 bridgehead atoms. The Morgan fingerprint density at radius 1 is 0.967 bits per heavy atom. The number of nitrogens with zero attached hydrogens (tertiary/aromatic N) is 2. The second-order valence-corrected chi connectivity index (χ2v) is 10.9. The lowest BCUT2D eigenvalue weighted by molar-refractivity contribution is -0.137. The molecule has 2 fully saturated rings. The molecule has 1 amide bonds. The molecule has 0 N–H and O–H groups in total. The number of carbonyl (C=O) groups is 2. The maximum absolute atomic E-state index is 12.8. The van der Waals surface area contributed by atoms with Crippen molar-refractivity contribution in [3.63, 3.8) is 0 Å². The van der Waals surface area contributed by atoms with Gasteiger partial charge in [0.25, 0.3) is 5.91 Å². The van der Waals surface area contributed by atoms with Gasteiger partial charge in [-0.3, -0.25) is 4.79 Å². The molecule has 0 saturated carbocycles. The third kappa shape index (κ3) is 5.40. The molecule has 0 aromatic heterocycles. The minimum absolute atomic E-state index is 0.168.